The lowest BCUT2D eigenvalue weighted by Gasteiger charge is -2.22. The maximum absolute atomic E-state index is 12.2. The third kappa shape index (κ3) is 7.85. The SMILES string of the molecule is CC(C)(C)NS(=O)(=O)Cc1cccc(NC(=O)CCC2CCNCC2)c1. The fraction of sp³-hybridized carbons (Fsp3) is 0.632. The van der Waals surface area contributed by atoms with Crippen molar-refractivity contribution in [3.8, 4) is 0 Å². The first-order valence-electron chi connectivity index (χ1n) is 9.24. The summed E-state index contributed by atoms with van der Waals surface area (Å²) in [7, 11) is -3.43. The van der Waals surface area contributed by atoms with Gasteiger partial charge in [-0.2, -0.15) is 0 Å². The molecule has 26 heavy (non-hydrogen) atoms. The molecule has 1 amide bonds. The van der Waals surface area contributed by atoms with E-state index in [-0.39, 0.29) is 11.7 Å². The van der Waals surface area contributed by atoms with Crippen LogP contribution in [0.5, 0.6) is 0 Å². The Morgan fingerprint density at radius 1 is 1.23 bits per heavy atom. The molecule has 2 rings (SSSR count). The number of anilines is 1. The van der Waals surface area contributed by atoms with Gasteiger partial charge in [0, 0.05) is 17.6 Å². The van der Waals surface area contributed by atoms with Gasteiger partial charge in [0.2, 0.25) is 15.9 Å². The molecule has 0 aromatic heterocycles. The molecule has 146 valence electrons. The molecule has 1 fully saturated rings. The number of amides is 1. The standard InChI is InChI=1S/C19H31N3O3S/c1-19(2,3)22-26(24,25)14-16-5-4-6-17(13-16)21-18(23)8-7-15-9-11-20-12-10-15/h4-6,13,15,20,22H,7-12,14H2,1-3H3,(H,21,23). The number of carbonyl (C=O) groups excluding carboxylic acids is 1. The normalized spacial score (nSPS) is 16.4. The molecule has 0 atom stereocenters. The largest absolute Gasteiger partial charge is 0.326 e. The van der Waals surface area contributed by atoms with Gasteiger partial charge in [0.05, 0.1) is 5.75 Å². The average Bonchev–Trinajstić information content (AvgIpc) is 2.51. The van der Waals surface area contributed by atoms with Gasteiger partial charge in [-0.1, -0.05) is 12.1 Å². The van der Waals surface area contributed by atoms with Crippen LogP contribution in [0.25, 0.3) is 0 Å². The van der Waals surface area contributed by atoms with Crippen LogP contribution in [0.4, 0.5) is 5.69 Å². The summed E-state index contributed by atoms with van der Waals surface area (Å²) in [6.07, 6.45) is 3.65. The van der Waals surface area contributed by atoms with Gasteiger partial charge in [0.25, 0.3) is 0 Å². The second-order valence-corrected chi connectivity index (χ2v) is 9.81. The maximum Gasteiger partial charge on any atom is 0.224 e. The molecule has 6 nitrogen and oxygen atoms in total. The molecule has 1 saturated heterocycles. The van der Waals surface area contributed by atoms with E-state index in [1.807, 2.05) is 20.8 Å². The molecular formula is C19H31N3O3S. The monoisotopic (exact) mass is 381 g/mol. The number of sulfonamides is 1. The van der Waals surface area contributed by atoms with Gasteiger partial charge in [-0.25, -0.2) is 13.1 Å². The third-order valence-electron chi connectivity index (χ3n) is 4.27. The van der Waals surface area contributed by atoms with Crippen LogP contribution in [0.2, 0.25) is 0 Å². The zero-order valence-corrected chi connectivity index (χ0v) is 16.8. The predicted octanol–water partition coefficient (Wildman–Crippen LogP) is 2.62. The number of benzene rings is 1. The van der Waals surface area contributed by atoms with Crippen LogP contribution in [-0.4, -0.2) is 33.0 Å². The second-order valence-electron chi connectivity index (χ2n) is 8.09. The quantitative estimate of drug-likeness (QED) is 0.677. The summed E-state index contributed by atoms with van der Waals surface area (Å²) in [6.45, 7) is 7.49. The van der Waals surface area contributed by atoms with Crippen molar-refractivity contribution in [1.29, 1.82) is 0 Å². The van der Waals surface area contributed by atoms with Gasteiger partial charge in [-0.15, -0.1) is 0 Å². The number of rotatable bonds is 7. The highest BCUT2D eigenvalue weighted by Crippen LogP contribution is 2.19. The van der Waals surface area contributed by atoms with E-state index in [1.54, 1.807) is 24.3 Å². The predicted molar refractivity (Wildman–Crippen MR) is 105 cm³/mol. The Kier molecular flexibility index (Phi) is 7.20. The van der Waals surface area contributed by atoms with Crippen molar-refractivity contribution in [1.82, 2.24) is 10.0 Å². The Hall–Kier alpha value is -1.44. The topological polar surface area (TPSA) is 87.3 Å². The fourth-order valence-corrected chi connectivity index (χ4v) is 4.81. The van der Waals surface area contributed by atoms with Crippen LogP contribution in [0.15, 0.2) is 24.3 Å². The number of hydrogen-bond donors (Lipinski definition) is 3. The van der Waals surface area contributed by atoms with Crippen molar-refractivity contribution in [2.45, 2.75) is 57.7 Å². The summed E-state index contributed by atoms with van der Waals surface area (Å²) in [5.41, 5.74) is 0.779. The lowest BCUT2D eigenvalue weighted by Crippen LogP contribution is -2.41. The van der Waals surface area contributed by atoms with E-state index in [4.69, 9.17) is 0 Å². The van der Waals surface area contributed by atoms with E-state index >= 15 is 0 Å². The summed E-state index contributed by atoms with van der Waals surface area (Å²) in [4.78, 5) is 12.2. The average molecular weight is 382 g/mol. The molecule has 1 heterocycles. The van der Waals surface area contributed by atoms with Crippen LogP contribution in [-0.2, 0) is 20.6 Å². The third-order valence-corrected chi connectivity index (χ3v) is 5.90. The molecule has 1 aliphatic rings. The lowest BCUT2D eigenvalue weighted by atomic mass is 9.93. The van der Waals surface area contributed by atoms with Gasteiger partial charge in [-0.3, -0.25) is 4.79 Å². The molecular weight excluding hydrogens is 350 g/mol. The number of carbonyl (C=O) groups is 1. The Morgan fingerprint density at radius 3 is 2.58 bits per heavy atom. The van der Waals surface area contributed by atoms with E-state index in [0.29, 0.717) is 23.6 Å². The minimum absolute atomic E-state index is 0.0173. The Labute approximate surface area is 157 Å². The smallest absolute Gasteiger partial charge is 0.224 e. The van der Waals surface area contributed by atoms with E-state index < -0.39 is 15.6 Å². The molecule has 7 heteroatoms. The van der Waals surface area contributed by atoms with Crippen molar-refractivity contribution in [2.75, 3.05) is 18.4 Å². The highest BCUT2D eigenvalue weighted by molar-refractivity contribution is 7.88. The summed E-state index contributed by atoms with van der Waals surface area (Å²) < 4.78 is 27.1. The van der Waals surface area contributed by atoms with Crippen molar-refractivity contribution in [3.63, 3.8) is 0 Å². The van der Waals surface area contributed by atoms with Crippen molar-refractivity contribution < 1.29 is 13.2 Å². The zero-order valence-electron chi connectivity index (χ0n) is 16.0. The molecule has 0 spiro atoms. The number of piperidine rings is 1. The molecule has 0 radical (unpaired) electrons. The molecule has 3 N–H and O–H groups in total. The van der Waals surface area contributed by atoms with Crippen LogP contribution < -0.4 is 15.4 Å². The second kappa shape index (κ2) is 8.97. The van der Waals surface area contributed by atoms with Gasteiger partial charge >= 0.3 is 0 Å². The van der Waals surface area contributed by atoms with Crippen molar-refractivity contribution in [3.05, 3.63) is 29.8 Å². The summed E-state index contributed by atoms with van der Waals surface area (Å²) in [5, 5.41) is 6.21. The first-order chi connectivity index (χ1) is 12.1. The van der Waals surface area contributed by atoms with Gasteiger partial charge < -0.3 is 10.6 Å². The molecule has 0 saturated carbocycles. The highest BCUT2D eigenvalue weighted by Gasteiger charge is 2.20. The lowest BCUT2D eigenvalue weighted by molar-refractivity contribution is -0.116. The van der Waals surface area contributed by atoms with Crippen molar-refractivity contribution in [2.24, 2.45) is 5.92 Å². The zero-order chi connectivity index (χ0) is 19.2. The van der Waals surface area contributed by atoms with Gasteiger partial charge in [-0.05, 0) is 76.7 Å². The molecule has 1 aromatic rings. The van der Waals surface area contributed by atoms with Crippen molar-refractivity contribution >= 4 is 21.6 Å². The Balaban J connectivity index is 1.88. The fourth-order valence-electron chi connectivity index (χ4n) is 3.19. The van der Waals surface area contributed by atoms with E-state index in [9.17, 15) is 13.2 Å². The molecule has 1 aliphatic heterocycles. The summed E-state index contributed by atoms with van der Waals surface area (Å²) in [6, 6.07) is 7.04. The summed E-state index contributed by atoms with van der Waals surface area (Å²) >= 11 is 0. The first kappa shape index (κ1) is 20.9. The summed E-state index contributed by atoms with van der Waals surface area (Å²) in [5.74, 6) is 0.488. The molecule has 1 aromatic carbocycles. The number of nitrogens with one attached hydrogen (secondary N) is 3. The molecule has 0 unspecified atom stereocenters. The maximum atomic E-state index is 12.2. The van der Waals surface area contributed by atoms with Crippen LogP contribution in [0, 0.1) is 5.92 Å². The van der Waals surface area contributed by atoms with E-state index in [2.05, 4.69) is 15.4 Å². The molecule has 0 aliphatic carbocycles. The van der Waals surface area contributed by atoms with Crippen LogP contribution >= 0.6 is 0 Å². The van der Waals surface area contributed by atoms with E-state index in [1.165, 1.54) is 0 Å². The Morgan fingerprint density at radius 2 is 1.92 bits per heavy atom. The minimum atomic E-state index is -3.43. The van der Waals surface area contributed by atoms with Crippen LogP contribution in [0.1, 0.15) is 52.0 Å². The van der Waals surface area contributed by atoms with Crippen LogP contribution in [0.3, 0.4) is 0 Å². The van der Waals surface area contributed by atoms with Gasteiger partial charge in [0.1, 0.15) is 0 Å². The number of hydrogen-bond acceptors (Lipinski definition) is 4. The minimum Gasteiger partial charge on any atom is -0.326 e. The van der Waals surface area contributed by atoms with E-state index in [0.717, 1.165) is 32.4 Å². The first-order valence-corrected chi connectivity index (χ1v) is 10.9. The van der Waals surface area contributed by atoms with Gasteiger partial charge in [0.15, 0.2) is 0 Å². The molecule has 0 bridgehead atoms. The Bertz CT molecular complexity index is 705. The highest BCUT2D eigenvalue weighted by atomic mass is 32.2.